The maximum atomic E-state index is 12.0. The average Bonchev–Trinajstić information content (AvgIpc) is 2.56. The lowest BCUT2D eigenvalue weighted by molar-refractivity contribution is 0.354. The molecule has 0 heterocycles. The summed E-state index contributed by atoms with van der Waals surface area (Å²) in [5.74, 6) is 2.66. The van der Waals surface area contributed by atoms with Crippen LogP contribution >= 0.6 is 0 Å². The van der Waals surface area contributed by atoms with Gasteiger partial charge in [0, 0.05) is 41.4 Å². The molecule has 0 bridgehead atoms. The molecule has 7 heteroatoms. The summed E-state index contributed by atoms with van der Waals surface area (Å²) in [4.78, 5) is 4.18. The van der Waals surface area contributed by atoms with Gasteiger partial charge in [-0.25, -0.2) is 0 Å². The minimum Gasteiger partial charge on any atom is -0.493 e. The molecule has 0 saturated heterocycles. The largest absolute Gasteiger partial charge is 0.493 e. The number of rotatable bonds is 7. The van der Waals surface area contributed by atoms with Gasteiger partial charge in [0.1, 0.15) is 0 Å². The maximum absolute atomic E-state index is 12.0. The topological polar surface area (TPSA) is 72.0 Å². The lowest BCUT2D eigenvalue weighted by Crippen LogP contribution is -2.40. The van der Waals surface area contributed by atoms with E-state index in [4.69, 9.17) is 9.47 Å². The van der Waals surface area contributed by atoms with Crippen molar-refractivity contribution in [1.82, 2.24) is 10.6 Å². The molecule has 0 fully saturated rings. The Labute approximate surface area is 147 Å². The van der Waals surface area contributed by atoms with Crippen molar-refractivity contribution in [2.75, 3.05) is 33.6 Å². The number of nitrogens with one attached hydrogen (secondary N) is 2. The van der Waals surface area contributed by atoms with Crippen LogP contribution in [0.4, 0.5) is 0 Å². The number of hydrogen-bond donors (Lipinski definition) is 2. The first-order valence-corrected chi connectivity index (χ1v) is 9.17. The van der Waals surface area contributed by atoms with Gasteiger partial charge in [-0.1, -0.05) is 6.07 Å². The zero-order chi connectivity index (χ0) is 18.2. The van der Waals surface area contributed by atoms with Crippen LogP contribution < -0.4 is 20.1 Å². The summed E-state index contributed by atoms with van der Waals surface area (Å²) in [7, 11) is 4.06. The number of ether oxygens (including phenoxy) is 2. The van der Waals surface area contributed by atoms with Gasteiger partial charge in [0.15, 0.2) is 17.5 Å². The van der Waals surface area contributed by atoms with Crippen molar-refractivity contribution >= 4 is 16.8 Å². The Bertz CT molecular complexity index is 583. The highest BCUT2D eigenvalue weighted by Gasteiger charge is 2.18. The lowest BCUT2D eigenvalue weighted by atomic mass is 10.2. The molecular weight excluding hydrogens is 326 g/mol. The second kappa shape index (κ2) is 9.52. The standard InChI is InChI=1S/C17H29N3O3S/c1-17(2,3)24(21)10-9-19-16(18-4)20-12-13-7-8-14(22-5)15(11-13)23-6/h7-8,11H,9-10,12H2,1-6H3,(H2,18,19,20). The van der Waals surface area contributed by atoms with Gasteiger partial charge in [-0.2, -0.15) is 0 Å². The fraction of sp³-hybridized carbons (Fsp3) is 0.588. The van der Waals surface area contributed by atoms with Gasteiger partial charge >= 0.3 is 0 Å². The van der Waals surface area contributed by atoms with Crippen molar-refractivity contribution < 1.29 is 13.7 Å². The quantitative estimate of drug-likeness (QED) is 0.577. The van der Waals surface area contributed by atoms with Gasteiger partial charge < -0.3 is 20.1 Å². The second-order valence-electron chi connectivity index (χ2n) is 6.20. The zero-order valence-electron chi connectivity index (χ0n) is 15.4. The number of benzene rings is 1. The Balaban J connectivity index is 2.51. The number of nitrogens with zero attached hydrogens (tertiary/aromatic N) is 1. The van der Waals surface area contributed by atoms with Crippen LogP contribution in [0.1, 0.15) is 26.3 Å². The van der Waals surface area contributed by atoms with E-state index in [-0.39, 0.29) is 4.75 Å². The molecule has 0 radical (unpaired) electrons. The van der Waals surface area contributed by atoms with Crippen molar-refractivity contribution in [1.29, 1.82) is 0 Å². The molecule has 2 N–H and O–H groups in total. The number of hydrogen-bond acceptors (Lipinski definition) is 4. The number of methoxy groups -OCH3 is 2. The van der Waals surface area contributed by atoms with Crippen LogP contribution in [0.3, 0.4) is 0 Å². The molecule has 6 nitrogen and oxygen atoms in total. The summed E-state index contributed by atoms with van der Waals surface area (Å²) in [6.07, 6.45) is 0. The summed E-state index contributed by atoms with van der Waals surface area (Å²) >= 11 is 0. The highest BCUT2D eigenvalue weighted by Crippen LogP contribution is 2.27. The number of aliphatic imine (C=N–C) groups is 1. The molecule has 1 rings (SSSR count). The van der Waals surface area contributed by atoms with Gasteiger partial charge in [-0.3, -0.25) is 9.20 Å². The lowest BCUT2D eigenvalue weighted by Gasteiger charge is -2.18. The van der Waals surface area contributed by atoms with Gasteiger partial charge in [-0.15, -0.1) is 0 Å². The Morgan fingerprint density at radius 1 is 1.17 bits per heavy atom. The van der Waals surface area contributed by atoms with Gasteiger partial charge in [0.05, 0.1) is 14.2 Å². The smallest absolute Gasteiger partial charge is 0.191 e. The Hall–Kier alpha value is -1.76. The summed E-state index contributed by atoms with van der Waals surface area (Å²) in [5, 5.41) is 6.41. The van der Waals surface area contributed by atoms with E-state index in [1.807, 2.05) is 39.0 Å². The van der Waals surface area contributed by atoms with Gasteiger partial charge in [0.2, 0.25) is 0 Å². The first-order valence-electron chi connectivity index (χ1n) is 7.85. The van der Waals surface area contributed by atoms with Crippen LogP contribution in [-0.2, 0) is 17.3 Å². The van der Waals surface area contributed by atoms with Crippen LogP contribution in [0.15, 0.2) is 23.2 Å². The second-order valence-corrected chi connectivity index (χ2v) is 8.53. The molecule has 1 aromatic rings. The monoisotopic (exact) mass is 355 g/mol. The van der Waals surface area contributed by atoms with E-state index in [0.29, 0.717) is 36.3 Å². The molecule has 1 aromatic carbocycles. The minimum atomic E-state index is -0.879. The third-order valence-electron chi connectivity index (χ3n) is 3.39. The highest BCUT2D eigenvalue weighted by molar-refractivity contribution is 7.86. The molecule has 0 spiro atoms. The first-order chi connectivity index (χ1) is 11.3. The number of guanidine groups is 1. The summed E-state index contributed by atoms with van der Waals surface area (Å²) in [6.45, 7) is 7.14. The summed E-state index contributed by atoms with van der Waals surface area (Å²) in [6, 6.07) is 5.77. The van der Waals surface area contributed by atoms with Crippen LogP contribution in [-0.4, -0.2) is 48.5 Å². The van der Waals surface area contributed by atoms with E-state index >= 15 is 0 Å². The van der Waals surface area contributed by atoms with Crippen LogP contribution in [0.5, 0.6) is 11.5 Å². The van der Waals surface area contributed by atoms with Crippen LogP contribution in [0, 0.1) is 0 Å². The SMILES string of the molecule is CN=C(NCCS(=O)C(C)(C)C)NCc1ccc(OC)c(OC)c1. The Morgan fingerprint density at radius 3 is 2.38 bits per heavy atom. The first kappa shape index (κ1) is 20.3. The molecule has 0 aliphatic carbocycles. The fourth-order valence-corrected chi connectivity index (χ4v) is 2.87. The predicted octanol–water partition coefficient (Wildman–Crippen LogP) is 1.92. The van der Waals surface area contributed by atoms with E-state index in [9.17, 15) is 4.21 Å². The highest BCUT2D eigenvalue weighted by atomic mass is 32.2. The molecule has 1 atom stereocenters. The molecule has 0 aliphatic rings. The average molecular weight is 356 g/mol. The van der Waals surface area contributed by atoms with Crippen molar-refractivity contribution in [3.05, 3.63) is 23.8 Å². The van der Waals surface area contributed by atoms with E-state index < -0.39 is 10.8 Å². The van der Waals surface area contributed by atoms with Crippen LogP contribution in [0.2, 0.25) is 0 Å². The molecule has 1 unspecified atom stereocenters. The zero-order valence-corrected chi connectivity index (χ0v) is 16.3. The van der Waals surface area contributed by atoms with Crippen LogP contribution in [0.25, 0.3) is 0 Å². The normalized spacial score (nSPS) is 13.3. The van der Waals surface area contributed by atoms with Gasteiger partial charge in [0.25, 0.3) is 0 Å². The van der Waals surface area contributed by atoms with E-state index in [2.05, 4.69) is 15.6 Å². The molecule has 0 saturated carbocycles. The van der Waals surface area contributed by atoms with E-state index in [1.54, 1.807) is 21.3 Å². The third-order valence-corrected chi connectivity index (χ3v) is 5.34. The third kappa shape index (κ3) is 6.39. The van der Waals surface area contributed by atoms with E-state index in [1.165, 1.54) is 0 Å². The summed E-state index contributed by atoms with van der Waals surface area (Å²) in [5.41, 5.74) is 1.05. The summed E-state index contributed by atoms with van der Waals surface area (Å²) < 4.78 is 22.4. The molecule has 136 valence electrons. The van der Waals surface area contributed by atoms with E-state index in [0.717, 1.165) is 5.56 Å². The molecule has 24 heavy (non-hydrogen) atoms. The molecule has 0 amide bonds. The maximum Gasteiger partial charge on any atom is 0.191 e. The van der Waals surface area contributed by atoms with Crippen molar-refractivity contribution in [3.63, 3.8) is 0 Å². The fourth-order valence-electron chi connectivity index (χ4n) is 1.97. The Kier molecular flexibility index (Phi) is 8.04. The molecule has 0 aliphatic heterocycles. The van der Waals surface area contributed by atoms with Crippen molar-refractivity contribution in [2.45, 2.75) is 32.1 Å². The minimum absolute atomic E-state index is 0.196. The molecular formula is C17H29N3O3S. The molecule has 0 aromatic heterocycles. The predicted molar refractivity (Wildman–Crippen MR) is 101 cm³/mol. The Morgan fingerprint density at radius 2 is 1.83 bits per heavy atom. The van der Waals surface area contributed by atoms with Gasteiger partial charge in [-0.05, 0) is 38.5 Å². The van der Waals surface area contributed by atoms with Crippen molar-refractivity contribution in [2.24, 2.45) is 4.99 Å². The van der Waals surface area contributed by atoms with Crippen molar-refractivity contribution in [3.8, 4) is 11.5 Å².